The summed E-state index contributed by atoms with van der Waals surface area (Å²) in [4.78, 5) is 28.9. The summed E-state index contributed by atoms with van der Waals surface area (Å²) in [5, 5.41) is 14.5. The number of hydrogen-bond donors (Lipinski definition) is 3. The molecule has 0 saturated carbocycles. The average Bonchev–Trinajstić information content (AvgIpc) is 3.33. The van der Waals surface area contributed by atoms with Crippen LogP contribution in [0.4, 0.5) is 11.6 Å². The van der Waals surface area contributed by atoms with Gasteiger partial charge >= 0.3 is 0 Å². The zero-order valence-electron chi connectivity index (χ0n) is 14.8. The number of aryl methyl sites for hydroxylation is 2. The van der Waals surface area contributed by atoms with E-state index in [0.717, 1.165) is 33.7 Å². The second-order valence-corrected chi connectivity index (χ2v) is 7.47. The molecule has 0 bridgehead atoms. The van der Waals surface area contributed by atoms with Gasteiger partial charge in [0.2, 0.25) is 17.8 Å². The van der Waals surface area contributed by atoms with Crippen molar-refractivity contribution >= 4 is 34.8 Å². The van der Waals surface area contributed by atoms with Crippen LogP contribution in [-0.4, -0.2) is 27.0 Å². The number of H-pyrrole nitrogens is 1. The van der Waals surface area contributed by atoms with Gasteiger partial charge in [0.15, 0.2) is 5.82 Å². The molecular weight excluding hydrogens is 362 g/mol. The van der Waals surface area contributed by atoms with Crippen LogP contribution in [0.1, 0.15) is 29.5 Å². The van der Waals surface area contributed by atoms with Crippen LogP contribution in [0.25, 0.3) is 10.7 Å². The van der Waals surface area contributed by atoms with Gasteiger partial charge in [0.1, 0.15) is 0 Å². The van der Waals surface area contributed by atoms with Crippen molar-refractivity contribution < 1.29 is 9.59 Å². The Morgan fingerprint density at radius 2 is 2.22 bits per heavy atom. The van der Waals surface area contributed by atoms with E-state index in [0.29, 0.717) is 31.0 Å². The molecule has 3 heterocycles. The fraction of sp³-hybridized carbons (Fsp3) is 0.263. The van der Waals surface area contributed by atoms with Crippen LogP contribution in [0, 0.1) is 6.92 Å². The Labute approximate surface area is 160 Å². The third-order valence-electron chi connectivity index (χ3n) is 4.48. The van der Waals surface area contributed by atoms with Gasteiger partial charge in [-0.05, 0) is 54.0 Å². The third-order valence-corrected chi connectivity index (χ3v) is 5.50. The molecular formula is C19H19N5O2S. The maximum Gasteiger partial charge on any atom is 0.249 e. The van der Waals surface area contributed by atoms with Crippen molar-refractivity contribution in [2.24, 2.45) is 0 Å². The van der Waals surface area contributed by atoms with Crippen LogP contribution in [0.2, 0.25) is 0 Å². The SMILES string of the molecule is Cc1ccsc1-c1nc(NC(=O)CCCc2ccc3c(c2)CC(=O)N3)n[nH]1. The van der Waals surface area contributed by atoms with Gasteiger partial charge in [-0.25, -0.2) is 0 Å². The van der Waals surface area contributed by atoms with Crippen LogP contribution in [0.3, 0.4) is 0 Å². The summed E-state index contributed by atoms with van der Waals surface area (Å²) in [5.41, 5.74) is 4.17. The van der Waals surface area contributed by atoms with Gasteiger partial charge in [-0.3, -0.25) is 20.0 Å². The number of fused-ring (bicyclic) bond motifs is 1. The monoisotopic (exact) mass is 381 g/mol. The van der Waals surface area contributed by atoms with E-state index in [2.05, 4.69) is 25.8 Å². The molecule has 1 aromatic carbocycles. The molecule has 3 aromatic rings. The number of thiophene rings is 1. The Morgan fingerprint density at radius 1 is 1.33 bits per heavy atom. The van der Waals surface area contributed by atoms with Crippen molar-refractivity contribution in [3.63, 3.8) is 0 Å². The lowest BCUT2D eigenvalue weighted by molar-refractivity contribution is -0.116. The van der Waals surface area contributed by atoms with E-state index >= 15 is 0 Å². The summed E-state index contributed by atoms with van der Waals surface area (Å²) in [6.45, 7) is 2.01. The average molecular weight is 381 g/mol. The first-order valence-electron chi connectivity index (χ1n) is 8.77. The lowest BCUT2D eigenvalue weighted by atomic mass is 10.0. The Balaban J connectivity index is 1.28. The molecule has 0 fully saturated rings. The number of carbonyl (C=O) groups excluding carboxylic acids is 2. The summed E-state index contributed by atoms with van der Waals surface area (Å²) in [6, 6.07) is 7.98. The first-order chi connectivity index (χ1) is 13.1. The van der Waals surface area contributed by atoms with E-state index in [1.54, 1.807) is 11.3 Å². The molecule has 27 heavy (non-hydrogen) atoms. The van der Waals surface area contributed by atoms with Crippen LogP contribution in [-0.2, 0) is 22.4 Å². The van der Waals surface area contributed by atoms with E-state index < -0.39 is 0 Å². The molecule has 2 aromatic heterocycles. The number of amides is 2. The van der Waals surface area contributed by atoms with Crippen LogP contribution in [0.15, 0.2) is 29.6 Å². The molecule has 2 amide bonds. The van der Waals surface area contributed by atoms with Crippen molar-refractivity contribution in [1.29, 1.82) is 0 Å². The Hall–Kier alpha value is -3.00. The van der Waals surface area contributed by atoms with Crippen LogP contribution < -0.4 is 10.6 Å². The molecule has 1 aliphatic rings. The number of aromatic amines is 1. The lowest BCUT2D eigenvalue weighted by Crippen LogP contribution is -2.12. The lowest BCUT2D eigenvalue weighted by Gasteiger charge is -2.04. The number of nitrogens with one attached hydrogen (secondary N) is 3. The summed E-state index contributed by atoms with van der Waals surface area (Å²) >= 11 is 1.58. The Morgan fingerprint density at radius 3 is 3.04 bits per heavy atom. The number of aromatic nitrogens is 3. The molecule has 1 aliphatic heterocycles. The molecule has 8 heteroatoms. The molecule has 0 aliphatic carbocycles. The number of rotatable bonds is 6. The number of hydrogen-bond acceptors (Lipinski definition) is 5. The highest BCUT2D eigenvalue weighted by Crippen LogP contribution is 2.26. The fourth-order valence-electron chi connectivity index (χ4n) is 3.11. The quantitative estimate of drug-likeness (QED) is 0.610. The molecule has 138 valence electrons. The summed E-state index contributed by atoms with van der Waals surface area (Å²) in [5.74, 6) is 0.885. The predicted octanol–water partition coefficient (Wildman–Crippen LogP) is 3.30. The highest BCUT2D eigenvalue weighted by atomic mass is 32.1. The van der Waals surface area contributed by atoms with E-state index in [9.17, 15) is 9.59 Å². The standard InChI is InChI=1S/C19H19N5O2S/c1-11-7-8-27-17(11)18-22-19(24-23-18)21-15(25)4-2-3-12-5-6-14-13(9-12)10-16(26)20-14/h5-9H,2-4,10H2,1H3,(H,20,26)(H2,21,22,23,24,25). The van der Waals surface area contributed by atoms with Gasteiger partial charge in [0.25, 0.3) is 0 Å². The number of anilines is 2. The van der Waals surface area contributed by atoms with Gasteiger partial charge in [-0.15, -0.1) is 16.4 Å². The minimum absolute atomic E-state index is 0.0325. The summed E-state index contributed by atoms with van der Waals surface area (Å²) < 4.78 is 0. The van der Waals surface area contributed by atoms with E-state index in [4.69, 9.17) is 0 Å². The number of carbonyl (C=O) groups is 2. The molecule has 0 spiro atoms. The highest BCUT2D eigenvalue weighted by molar-refractivity contribution is 7.13. The van der Waals surface area contributed by atoms with Crippen molar-refractivity contribution in [3.05, 3.63) is 46.3 Å². The van der Waals surface area contributed by atoms with Crippen LogP contribution >= 0.6 is 11.3 Å². The molecule has 0 radical (unpaired) electrons. The first-order valence-corrected chi connectivity index (χ1v) is 9.65. The Kier molecular flexibility index (Phi) is 4.72. The largest absolute Gasteiger partial charge is 0.326 e. The molecule has 0 saturated heterocycles. The van der Waals surface area contributed by atoms with Gasteiger partial charge in [0.05, 0.1) is 11.3 Å². The summed E-state index contributed by atoms with van der Waals surface area (Å²) in [6.07, 6.45) is 2.31. The topological polar surface area (TPSA) is 99.8 Å². The maximum absolute atomic E-state index is 12.1. The van der Waals surface area contributed by atoms with E-state index in [1.165, 1.54) is 0 Å². The maximum atomic E-state index is 12.1. The molecule has 0 unspecified atom stereocenters. The minimum Gasteiger partial charge on any atom is -0.326 e. The number of nitrogens with zero attached hydrogens (tertiary/aromatic N) is 2. The minimum atomic E-state index is -0.110. The van der Waals surface area contributed by atoms with Gasteiger partial charge in [0, 0.05) is 12.1 Å². The van der Waals surface area contributed by atoms with Gasteiger partial charge in [-0.2, -0.15) is 4.98 Å². The van der Waals surface area contributed by atoms with E-state index in [1.807, 2.05) is 36.6 Å². The normalized spacial score (nSPS) is 12.7. The van der Waals surface area contributed by atoms with Crippen molar-refractivity contribution in [3.8, 4) is 10.7 Å². The second-order valence-electron chi connectivity index (χ2n) is 6.56. The predicted molar refractivity (Wildman–Crippen MR) is 105 cm³/mol. The van der Waals surface area contributed by atoms with Crippen LogP contribution in [0.5, 0.6) is 0 Å². The Bertz CT molecular complexity index is 1010. The van der Waals surface area contributed by atoms with E-state index in [-0.39, 0.29) is 11.8 Å². The zero-order valence-corrected chi connectivity index (χ0v) is 15.7. The van der Waals surface area contributed by atoms with Gasteiger partial charge < -0.3 is 5.32 Å². The first kappa shape index (κ1) is 17.4. The van der Waals surface area contributed by atoms with Crippen molar-refractivity contribution in [2.75, 3.05) is 10.6 Å². The van der Waals surface area contributed by atoms with Crippen molar-refractivity contribution in [1.82, 2.24) is 15.2 Å². The molecule has 0 atom stereocenters. The molecule has 7 nitrogen and oxygen atoms in total. The number of benzene rings is 1. The highest BCUT2D eigenvalue weighted by Gasteiger charge is 2.17. The molecule has 4 rings (SSSR count). The van der Waals surface area contributed by atoms with Gasteiger partial charge in [-0.1, -0.05) is 12.1 Å². The fourth-order valence-corrected chi connectivity index (χ4v) is 3.98. The van der Waals surface area contributed by atoms with Crippen molar-refractivity contribution in [2.45, 2.75) is 32.6 Å². The third kappa shape index (κ3) is 3.90. The summed E-state index contributed by atoms with van der Waals surface area (Å²) in [7, 11) is 0. The zero-order chi connectivity index (χ0) is 18.8. The smallest absolute Gasteiger partial charge is 0.249 e. The second kappa shape index (κ2) is 7.32. The molecule has 3 N–H and O–H groups in total.